The Hall–Kier alpha value is -1.20. The number of hydrogen-bond acceptors (Lipinski definition) is 4. The summed E-state index contributed by atoms with van der Waals surface area (Å²) in [5, 5.41) is 7.54. The highest BCUT2D eigenvalue weighted by Crippen LogP contribution is 2.32. The average Bonchev–Trinajstić information content (AvgIpc) is 2.95. The van der Waals surface area contributed by atoms with Crippen LogP contribution < -0.4 is 5.32 Å². The third-order valence-corrected chi connectivity index (χ3v) is 4.68. The Bertz CT molecular complexity index is 599. The Morgan fingerprint density at radius 2 is 2.19 bits per heavy atom. The van der Waals surface area contributed by atoms with Gasteiger partial charge in [-0.05, 0) is 37.6 Å². The van der Waals surface area contributed by atoms with E-state index in [0.717, 1.165) is 22.6 Å². The second kappa shape index (κ2) is 6.71. The average molecular weight is 350 g/mol. The maximum absolute atomic E-state index is 5.53. The molecule has 112 valence electrons. The molecule has 1 aromatic heterocycles. The monoisotopic (exact) mass is 349 g/mol. The molecule has 0 radical (unpaired) electrons. The summed E-state index contributed by atoms with van der Waals surface area (Å²) in [5.41, 5.74) is 1.19. The second-order valence-electron chi connectivity index (χ2n) is 5.64. The predicted molar refractivity (Wildman–Crippen MR) is 85.3 cm³/mol. The van der Waals surface area contributed by atoms with Crippen LogP contribution in [0.15, 0.2) is 33.3 Å². The summed E-state index contributed by atoms with van der Waals surface area (Å²) >= 11 is 3.49. The number of hydrogen-bond donors (Lipinski definition) is 1. The molecule has 2 atom stereocenters. The molecule has 1 heterocycles. The van der Waals surface area contributed by atoms with E-state index in [9.17, 15) is 0 Å². The zero-order valence-corrected chi connectivity index (χ0v) is 13.8. The number of nitrogens with one attached hydrogen (secondary N) is 1. The summed E-state index contributed by atoms with van der Waals surface area (Å²) in [6, 6.07) is 8.67. The van der Waals surface area contributed by atoms with Crippen LogP contribution in [0.3, 0.4) is 0 Å². The van der Waals surface area contributed by atoms with Crippen molar-refractivity contribution in [1.29, 1.82) is 0 Å². The lowest BCUT2D eigenvalue weighted by Gasteiger charge is -2.28. The molecular weight excluding hydrogens is 330 g/mol. The molecule has 2 aromatic rings. The molecule has 1 N–H and O–H groups in total. The quantitative estimate of drug-likeness (QED) is 0.914. The van der Waals surface area contributed by atoms with Gasteiger partial charge in [0, 0.05) is 16.9 Å². The molecule has 0 saturated heterocycles. The number of aromatic nitrogens is 2. The van der Waals surface area contributed by atoms with Crippen LogP contribution in [0, 0.1) is 0 Å². The molecule has 21 heavy (non-hydrogen) atoms. The van der Waals surface area contributed by atoms with Gasteiger partial charge in [-0.2, -0.15) is 4.98 Å². The fraction of sp³-hybridized carbons (Fsp3) is 0.500. The van der Waals surface area contributed by atoms with Crippen molar-refractivity contribution >= 4 is 15.9 Å². The molecule has 0 spiro atoms. The number of likely N-dealkylation sites (N-methyl/N-ethyl adjacent to an activating group) is 1. The minimum absolute atomic E-state index is 0.354. The molecule has 1 aliphatic rings. The first-order chi connectivity index (χ1) is 10.3. The summed E-state index contributed by atoms with van der Waals surface area (Å²) in [6.45, 7) is 0. The van der Waals surface area contributed by atoms with Crippen molar-refractivity contribution in [3.63, 3.8) is 0 Å². The van der Waals surface area contributed by atoms with Gasteiger partial charge in [0.25, 0.3) is 0 Å². The highest BCUT2D eigenvalue weighted by atomic mass is 79.9. The van der Waals surface area contributed by atoms with Gasteiger partial charge in [0.1, 0.15) is 0 Å². The first-order valence-electron chi connectivity index (χ1n) is 7.50. The van der Waals surface area contributed by atoms with Crippen molar-refractivity contribution in [2.24, 2.45) is 0 Å². The Morgan fingerprint density at radius 3 is 3.00 bits per heavy atom. The van der Waals surface area contributed by atoms with Crippen molar-refractivity contribution in [2.45, 2.75) is 44.1 Å². The molecule has 0 bridgehead atoms. The lowest BCUT2D eigenvalue weighted by atomic mass is 9.84. The van der Waals surface area contributed by atoms with Crippen molar-refractivity contribution in [3.05, 3.63) is 46.0 Å². The Kier molecular flexibility index (Phi) is 4.70. The summed E-state index contributed by atoms with van der Waals surface area (Å²) in [6.07, 6.45) is 5.54. The molecule has 1 aliphatic carbocycles. The first kappa shape index (κ1) is 14.7. The minimum atomic E-state index is 0.354. The van der Waals surface area contributed by atoms with Crippen LogP contribution >= 0.6 is 15.9 Å². The fourth-order valence-electron chi connectivity index (χ4n) is 3.09. The minimum Gasteiger partial charge on any atom is -0.339 e. The zero-order chi connectivity index (χ0) is 14.7. The number of rotatable bonds is 4. The number of halogens is 1. The third-order valence-electron chi connectivity index (χ3n) is 4.19. The molecule has 0 amide bonds. The van der Waals surface area contributed by atoms with Crippen LogP contribution in [0.5, 0.6) is 0 Å². The largest absolute Gasteiger partial charge is 0.339 e. The molecule has 3 rings (SSSR count). The number of nitrogens with zero attached hydrogens (tertiary/aromatic N) is 2. The van der Waals surface area contributed by atoms with Gasteiger partial charge in [0.05, 0.1) is 5.92 Å². The van der Waals surface area contributed by atoms with E-state index in [0.29, 0.717) is 18.4 Å². The molecule has 5 heteroatoms. The predicted octanol–water partition coefficient (Wildman–Crippen LogP) is 3.67. The number of benzene rings is 1. The Balaban J connectivity index is 1.73. The van der Waals surface area contributed by atoms with E-state index < -0.39 is 0 Å². The van der Waals surface area contributed by atoms with Gasteiger partial charge in [0.2, 0.25) is 5.89 Å². The maximum atomic E-state index is 5.53. The van der Waals surface area contributed by atoms with Gasteiger partial charge in [-0.3, -0.25) is 0 Å². The third kappa shape index (κ3) is 3.52. The van der Waals surface area contributed by atoms with Crippen molar-refractivity contribution < 1.29 is 4.52 Å². The van der Waals surface area contributed by atoms with E-state index in [-0.39, 0.29) is 0 Å². The lowest BCUT2D eigenvalue weighted by molar-refractivity contribution is 0.269. The van der Waals surface area contributed by atoms with Gasteiger partial charge in [0.15, 0.2) is 5.82 Å². The summed E-state index contributed by atoms with van der Waals surface area (Å²) in [4.78, 5) is 4.62. The summed E-state index contributed by atoms with van der Waals surface area (Å²) in [7, 11) is 2.02. The van der Waals surface area contributed by atoms with E-state index in [1.165, 1.54) is 24.8 Å². The van der Waals surface area contributed by atoms with E-state index in [2.05, 4.69) is 43.5 Å². The van der Waals surface area contributed by atoms with Crippen molar-refractivity contribution in [3.8, 4) is 0 Å². The molecule has 1 saturated carbocycles. The molecular formula is C16H20BrN3O. The smallest absolute Gasteiger partial charge is 0.231 e. The SMILES string of the molecule is CNC1CCCCC1c1nc(Cc2cccc(Br)c2)no1. The topological polar surface area (TPSA) is 51.0 Å². The van der Waals surface area contributed by atoms with Crippen LogP contribution in [0.1, 0.15) is 48.9 Å². The van der Waals surface area contributed by atoms with Crippen LogP contribution in [0.2, 0.25) is 0 Å². The van der Waals surface area contributed by atoms with Gasteiger partial charge >= 0.3 is 0 Å². The normalized spacial score (nSPS) is 22.4. The Labute approximate surface area is 133 Å². The maximum Gasteiger partial charge on any atom is 0.231 e. The van der Waals surface area contributed by atoms with Crippen molar-refractivity contribution in [2.75, 3.05) is 7.05 Å². The Morgan fingerprint density at radius 1 is 1.33 bits per heavy atom. The fourth-order valence-corrected chi connectivity index (χ4v) is 3.54. The van der Waals surface area contributed by atoms with E-state index >= 15 is 0 Å². The van der Waals surface area contributed by atoms with Crippen LogP contribution in [-0.4, -0.2) is 23.2 Å². The van der Waals surface area contributed by atoms with E-state index in [4.69, 9.17) is 4.52 Å². The van der Waals surface area contributed by atoms with Gasteiger partial charge in [-0.25, -0.2) is 0 Å². The second-order valence-corrected chi connectivity index (χ2v) is 6.56. The van der Waals surface area contributed by atoms with Crippen LogP contribution in [-0.2, 0) is 6.42 Å². The van der Waals surface area contributed by atoms with Gasteiger partial charge in [-0.1, -0.05) is 46.1 Å². The molecule has 2 unspecified atom stereocenters. The van der Waals surface area contributed by atoms with Gasteiger partial charge < -0.3 is 9.84 Å². The van der Waals surface area contributed by atoms with E-state index in [1.807, 2.05) is 19.2 Å². The molecule has 1 aromatic carbocycles. The molecule has 1 fully saturated rings. The summed E-state index contributed by atoms with van der Waals surface area (Å²) in [5.74, 6) is 1.91. The van der Waals surface area contributed by atoms with Gasteiger partial charge in [-0.15, -0.1) is 0 Å². The highest BCUT2D eigenvalue weighted by molar-refractivity contribution is 9.10. The van der Waals surface area contributed by atoms with Crippen molar-refractivity contribution in [1.82, 2.24) is 15.5 Å². The molecule has 4 nitrogen and oxygen atoms in total. The summed E-state index contributed by atoms with van der Waals surface area (Å²) < 4.78 is 6.60. The zero-order valence-electron chi connectivity index (χ0n) is 12.2. The lowest BCUT2D eigenvalue weighted by Crippen LogP contribution is -2.34. The molecule has 0 aliphatic heterocycles. The van der Waals surface area contributed by atoms with Crippen LogP contribution in [0.25, 0.3) is 0 Å². The van der Waals surface area contributed by atoms with E-state index in [1.54, 1.807) is 0 Å². The standard InChI is InChI=1S/C16H20BrN3O/c1-18-14-8-3-2-7-13(14)16-19-15(20-21-16)10-11-5-4-6-12(17)9-11/h4-6,9,13-14,18H,2-3,7-8,10H2,1H3. The first-order valence-corrected chi connectivity index (χ1v) is 8.30. The highest BCUT2D eigenvalue weighted by Gasteiger charge is 2.29. The van der Waals surface area contributed by atoms with Crippen LogP contribution in [0.4, 0.5) is 0 Å².